The first-order valence-corrected chi connectivity index (χ1v) is 11.0. The molecule has 3 amide bonds. The minimum Gasteiger partial charge on any atom is -0.495 e. The van der Waals surface area contributed by atoms with Crippen molar-refractivity contribution in [2.75, 3.05) is 38.6 Å². The predicted octanol–water partition coefficient (Wildman–Crippen LogP) is 3.32. The van der Waals surface area contributed by atoms with E-state index in [1.165, 1.54) is 0 Å². The number of nitrogens with zero attached hydrogens (tertiary/aromatic N) is 2. The van der Waals surface area contributed by atoms with Crippen LogP contribution in [-0.2, 0) is 14.4 Å². The maximum absolute atomic E-state index is 12.7. The summed E-state index contributed by atoms with van der Waals surface area (Å²) >= 11 is 6.01. The van der Waals surface area contributed by atoms with Crippen LogP contribution in [0.3, 0.4) is 0 Å². The monoisotopic (exact) mass is 435 g/mol. The Morgan fingerprint density at radius 1 is 1.23 bits per heavy atom. The van der Waals surface area contributed by atoms with Crippen LogP contribution in [0.15, 0.2) is 18.2 Å². The van der Waals surface area contributed by atoms with E-state index in [0.717, 1.165) is 32.2 Å². The fourth-order valence-electron chi connectivity index (χ4n) is 4.15. The number of hydrogen-bond donors (Lipinski definition) is 1. The molecule has 0 saturated carbocycles. The van der Waals surface area contributed by atoms with Gasteiger partial charge in [0.2, 0.25) is 17.7 Å². The Morgan fingerprint density at radius 2 is 2.07 bits per heavy atom. The average molecular weight is 436 g/mol. The summed E-state index contributed by atoms with van der Waals surface area (Å²) in [7, 11) is 1.55. The number of methoxy groups -OCH3 is 1. The van der Waals surface area contributed by atoms with E-state index in [9.17, 15) is 14.4 Å². The van der Waals surface area contributed by atoms with Crippen LogP contribution in [0.5, 0.6) is 5.75 Å². The fourth-order valence-corrected chi connectivity index (χ4v) is 4.32. The van der Waals surface area contributed by atoms with Gasteiger partial charge in [-0.05, 0) is 56.2 Å². The Bertz CT molecular complexity index is 786. The van der Waals surface area contributed by atoms with Crippen LogP contribution in [0.1, 0.15) is 44.9 Å². The van der Waals surface area contributed by atoms with Crippen molar-refractivity contribution in [1.82, 2.24) is 9.80 Å². The molecule has 164 valence electrons. The highest BCUT2D eigenvalue weighted by molar-refractivity contribution is 6.31. The number of carbonyl (C=O) groups excluding carboxylic acids is 3. The van der Waals surface area contributed by atoms with E-state index >= 15 is 0 Å². The van der Waals surface area contributed by atoms with Gasteiger partial charge in [0.1, 0.15) is 5.75 Å². The van der Waals surface area contributed by atoms with Gasteiger partial charge in [0.05, 0.1) is 19.3 Å². The fraction of sp³-hybridized carbons (Fsp3) is 0.591. The largest absolute Gasteiger partial charge is 0.495 e. The van der Waals surface area contributed by atoms with Crippen LogP contribution in [0, 0.1) is 5.92 Å². The van der Waals surface area contributed by atoms with Crippen LogP contribution >= 0.6 is 11.6 Å². The first kappa shape index (κ1) is 22.4. The predicted molar refractivity (Wildman–Crippen MR) is 116 cm³/mol. The number of hydrogen-bond acceptors (Lipinski definition) is 4. The Balaban J connectivity index is 1.46. The number of amides is 3. The Kier molecular flexibility index (Phi) is 7.96. The lowest BCUT2D eigenvalue weighted by Gasteiger charge is -2.35. The summed E-state index contributed by atoms with van der Waals surface area (Å²) < 4.78 is 5.26. The zero-order valence-corrected chi connectivity index (χ0v) is 18.2. The van der Waals surface area contributed by atoms with E-state index in [4.69, 9.17) is 16.3 Å². The van der Waals surface area contributed by atoms with E-state index in [0.29, 0.717) is 48.8 Å². The standard InChI is InChI=1S/C22H30ClN3O4/c1-30-19-9-8-17(23)13-18(19)24-20(27)10-7-16-5-4-12-25(14-16)22(29)15-26-11-3-2-6-21(26)28/h8-9,13,16H,2-7,10-12,14-15H2,1H3,(H,24,27)/t16-/m0/s1. The van der Waals surface area contributed by atoms with Crippen molar-refractivity contribution in [3.8, 4) is 5.75 Å². The van der Waals surface area contributed by atoms with Gasteiger partial charge in [-0.25, -0.2) is 0 Å². The Labute approximate surface area is 182 Å². The quantitative estimate of drug-likeness (QED) is 0.712. The van der Waals surface area contributed by atoms with Crippen molar-refractivity contribution in [3.05, 3.63) is 23.2 Å². The van der Waals surface area contributed by atoms with Crippen molar-refractivity contribution < 1.29 is 19.1 Å². The van der Waals surface area contributed by atoms with Crippen molar-refractivity contribution in [3.63, 3.8) is 0 Å². The summed E-state index contributed by atoms with van der Waals surface area (Å²) in [6.45, 7) is 2.23. The number of ether oxygens (including phenoxy) is 1. The lowest BCUT2D eigenvalue weighted by molar-refractivity contribution is -0.142. The summed E-state index contributed by atoms with van der Waals surface area (Å²) in [6.07, 6.45) is 5.43. The summed E-state index contributed by atoms with van der Waals surface area (Å²) in [5, 5.41) is 3.39. The van der Waals surface area contributed by atoms with Crippen LogP contribution in [0.2, 0.25) is 5.02 Å². The minimum absolute atomic E-state index is 0.0167. The number of rotatable bonds is 7. The first-order chi connectivity index (χ1) is 14.5. The smallest absolute Gasteiger partial charge is 0.242 e. The molecule has 0 bridgehead atoms. The Hall–Kier alpha value is -2.28. The van der Waals surface area contributed by atoms with Gasteiger partial charge in [-0.2, -0.15) is 0 Å². The number of piperidine rings is 2. The lowest BCUT2D eigenvalue weighted by atomic mass is 9.93. The average Bonchev–Trinajstić information content (AvgIpc) is 2.74. The molecule has 0 aliphatic carbocycles. The summed E-state index contributed by atoms with van der Waals surface area (Å²) in [4.78, 5) is 40.6. The van der Waals surface area contributed by atoms with E-state index < -0.39 is 0 Å². The Morgan fingerprint density at radius 3 is 2.83 bits per heavy atom. The van der Waals surface area contributed by atoms with Crippen LogP contribution < -0.4 is 10.1 Å². The van der Waals surface area contributed by atoms with Crippen molar-refractivity contribution in [1.29, 1.82) is 0 Å². The summed E-state index contributed by atoms with van der Waals surface area (Å²) in [5.41, 5.74) is 0.557. The molecule has 1 aromatic carbocycles. The van der Waals surface area contributed by atoms with E-state index in [2.05, 4.69) is 5.32 Å². The molecular weight excluding hydrogens is 406 g/mol. The molecule has 1 atom stereocenters. The minimum atomic E-state index is -0.0991. The van der Waals surface area contributed by atoms with E-state index in [1.54, 1.807) is 30.2 Å². The van der Waals surface area contributed by atoms with Crippen LogP contribution in [0.4, 0.5) is 5.69 Å². The first-order valence-electron chi connectivity index (χ1n) is 10.6. The molecule has 8 heteroatoms. The molecule has 30 heavy (non-hydrogen) atoms. The number of anilines is 1. The zero-order chi connectivity index (χ0) is 21.5. The van der Waals surface area contributed by atoms with Crippen molar-refractivity contribution >= 4 is 35.0 Å². The van der Waals surface area contributed by atoms with Crippen LogP contribution in [0.25, 0.3) is 0 Å². The number of carbonyl (C=O) groups is 3. The van der Waals surface area contributed by atoms with E-state index in [1.807, 2.05) is 4.90 Å². The molecule has 2 aliphatic heterocycles. The molecule has 2 aliphatic rings. The van der Waals surface area contributed by atoms with Gasteiger partial charge in [-0.15, -0.1) is 0 Å². The molecule has 7 nitrogen and oxygen atoms in total. The molecule has 0 radical (unpaired) electrons. The van der Waals surface area contributed by atoms with Gasteiger partial charge in [-0.1, -0.05) is 11.6 Å². The SMILES string of the molecule is COc1ccc(Cl)cc1NC(=O)CC[C@@H]1CCCN(C(=O)CN2CCCCC2=O)C1. The highest BCUT2D eigenvalue weighted by atomic mass is 35.5. The van der Waals surface area contributed by atoms with Gasteiger partial charge in [0, 0.05) is 37.5 Å². The molecule has 1 aromatic rings. The molecular formula is C22H30ClN3O4. The maximum Gasteiger partial charge on any atom is 0.242 e. The topological polar surface area (TPSA) is 79.0 Å². The lowest BCUT2D eigenvalue weighted by Crippen LogP contribution is -2.47. The zero-order valence-electron chi connectivity index (χ0n) is 17.5. The second-order valence-corrected chi connectivity index (χ2v) is 8.49. The third kappa shape index (κ3) is 6.11. The number of nitrogens with one attached hydrogen (secondary N) is 1. The highest BCUT2D eigenvalue weighted by Crippen LogP contribution is 2.28. The van der Waals surface area contributed by atoms with Gasteiger partial charge in [0.15, 0.2) is 0 Å². The van der Waals surface area contributed by atoms with Crippen LogP contribution in [-0.4, -0.2) is 60.8 Å². The summed E-state index contributed by atoms with van der Waals surface area (Å²) in [5.74, 6) is 0.846. The molecule has 2 saturated heterocycles. The molecule has 2 fully saturated rings. The van der Waals surface area contributed by atoms with E-state index in [-0.39, 0.29) is 30.2 Å². The molecule has 1 N–H and O–H groups in total. The second-order valence-electron chi connectivity index (χ2n) is 8.05. The van der Waals surface area contributed by atoms with Gasteiger partial charge < -0.3 is 19.9 Å². The van der Waals surface area contributed by atoms with Crippen molar-refractivity contribution in [2.24, 2.45) is 5.92 Å². The third-order valence-electron chi connectivity index (χ3n) is 5.83. The number of halogens is 1. The molecule has 2 heterocycles. The normalized spacial score (nSPS) is 19.5. The number of benzene rings is 1. The highest BCUT2D eigenvalue weighted by Gasteiger charge is 2.27. The molecule has 0 aromatic heterocycles. The van der Waals surface area contributed by atoms with Crippen molar-refractivity contribution in [2.45, 2.75) is 44.9 Å². The molecule has 0 spiro atoms. The molecule has 3 rings (SSSR count). The molecule has 0 unspecified atom stereocenters. The van der Waals surface area contributed by atoms with Gasteiger partial charge >= 0.3 is 0 Å². The maximum atomic E-state index is 12.7. The second kappa shape index (κ2) is 10.7. The summed E-state index contributed by atoms with van der Waals surface area (Å²) in [6, 6.07) is 5.10. The third-order valence-corrected chi connectivity index (χ3v) is 6.07. The number of likely N-dealkylation sites (tertiary alicyclic amines) is 2. The van der Waals surface area contributed by atoms with Gasteiger partial charge in [0.25, 0.3) is 0 Å². The van der Waals surface area contributed by atoms with Gasteiger partial charge in [-0.3, -0.25) is 14.4 Å².